The Morgan fingerprint density at radius 2 is 1.86 bits per heavy atom. The number of anilines is 1. The molecular weight excluding hydrogens is 364 g/mol. The van der Waals surface area contributed by atoms with Crippen molar-refractivity contribution in [1.82, 2.24) is 4.90 Å². The molecular formula is C24H30N2O3. The average molecular weight is 395 g/mol. The number of nitrogens with zero attached hydrogens (tertiary/aromatic N) is 1. The largest absolute Gasteiger partial charge is 0.462 e. The number of nitrogens with one attached hydrogen (secondary N) is 1. The molecule has 0 bridgehead atoms. The van der Waals surface area contributed by atoms with Gasteiger partial charge in [0, 0.05) is 18.2 Å². The van der Waals surface area contributed by atoms with Gasteiger partial charge in [-0.15, -0.1) is 0 Å². The van der Waals surface area contributed by atoms with E-state index in [1.807, 2.05) is 13.0 Å². The van der Waals surface area contributed by atoms with E-state index in [0.29, 0.717) is 17.9 Å². The van der Waals surface area contributed by atoms with Crippen LogP contribution in [-0.4, -0.2) is 36.5 Å². The van der Waals surface area contributed by atoms with Crippen molar-refractivity contribution in [3.63, 3.8) is 0 Å². The van der Waals surface area contributed by atoms with E-state index in [1.54, 1.807) is 19.1 Å². The number of hydrogen-bond acceptors (Lipinski definition) is 4. The summed E-state index contributed by atoms with van der Waals surface area (Å²) >= 11 is 0. The average Bonchev–Trinajstić information content (AvgIpc) is 2.70. The number of esters is 1. The van der Waals surface area contributed by atoms with E-state index >= 15 is 0 Å². The van der Waals surface area contributed by atoms with Gasteiger partial charge in [-0.1, -0.05) is 35.9 Å². The second-order valence-electron chi connectivity index (χ2n) is 7.78. The Balaban J connectivity index is 1.56. The van der Waals surface area contributed by atoms with Crippen molar-refractivity contribution in [1.29, 1.82) is 0 Å². The molecule has 1 aliphatic heterocycles. The number of amides is 1. The van der Waals surface area contributed by atoms with Crippen molar-refractivity contribution in [3.8, 4) is 0 Å². The van der Waals surface area contributed by atoms with Crippen LogP contribution in [0.5, 0.6) is 0 Å². The lowest BCUT2D eigenvalue weighted by atomic mass is 9.95. The van der Waals surface area contributed by atoms with Crippen molar-refractivity contribution in [2.75, 3.05) is 25.0 Å². The summed E-state index contributed by atoms with van der Waals surface area (Å²) in [6.07, 6.45) is 1.68. The molecule has 5 nitrogen and oxygen atoms in total. The molecule has 0 aliphatic carbocycles. The van der Waals surface area contributed by atoms with Gasteiger partial charge < -0.3 is 10.1 Å². The molecule has 5 heteroatoms. The number of likely N-dealkylation sites (tertiary alicyclic amines) is 1. The van der Waals surface area contributed by atoms with Crippen LogP contribution in [0, 0.1) is 19.8 Å². The number of aryl methyl sites for hydroxylation is 2. The van der Waals surface area contributed by atoms with Crippen LogP contribution in [0.1, 0.15) is 46.8 Å². The summed E-state index contributed by atoms with van der Waals surface area (Å²) in [5.41, 5.74) is 4.67. The van der Waals surface area contributed by atoms with Gasteiger partial charge in [-0.2, -0.15) is 0 Å². The van der Waals surface area contributed by atoms with E-state index < -0.39 is 0 Å². The first-order valence-electron chi connectivity index (χ1n) is 10.3. The van der Waals surface area contributed by atoms with E-state index in [-0.39, 0.29) is 17.8 Å². The molecule has 0 aromatic heterocycles. The second kappa shape index (κ2) is 9.70. The highest BCUT2D eigenvalue weighted by atomic mass is 16.5. The van der Waals surface area contributed by atoms with Crippen molar-refractivity contribution in [2.24, 2.45) is 5.92 Å². The normalized spacial score (nSPS) is 15.1. The second-order valence-corrected chi connectivity index (χ2v) is 7.78. The molecule has 0 unspecified atom stereocenters. The zero-order valence-electron chi connectivity index (χ0n) is 17.5. The molecule has 1 N–H and O–H groups in total. The Morgan fingerprint density at radius 3 is 2.55 bits per heavy atom. The van der Waals surface area contributed by atoms with Gasteiger partial charge in [-0.05, 0) is 70.0 Å². The van der Waals surface area contributed by atoms with E-state index in [9.17, 15) is 9.59 Å². The quantitative estimate of drug-likeness (QED) is 0.741. The zero-order valence-corrected chi connectivity index (χ0v) is 17.5. The summed E-state index contributed by atoms with van der Waals surface area (Å²) < 4.78 is 5.05. The third-order valence-electron chi connectivity index (χ3n) is 5.45. The van der Waals surface area contributed by atoms with Gasteiger partial charge >= 0.3 is 5.97 Å². The fourth-order valence-electron chi connectivity index (χ4n) is 3.75. The van der Waals surface area contributed by atoms with Crippen molar-refractivity contribution in [2.45, 2.75) is 40.2 Å². The van der Waals surface area contributed by atoms with Crippen molar-refractivity contribution >= 4 is 17.6 Å². The van der Waals surface area contributed by atoms with E-state index in [0.717, 1.165) is 38.0 Å². The SMILES string of the molecule is CCOC(=O)c1ccc(C)c(NC(=O)C2CCN(Cc3cccc(C)c3)CC2)c1. The molecule has 2 aromatic carbocycles. The standard InChI is InChI=1S/C24H30N2O3/c1-4-29-24(28)21-9-8-18(3)22(15-21)25-23(27)20-10-12-26(13-11-20)16-19-7-5-6-17(2)14-19/h5-9,14-15,20H,4,10-13,16H2,1-3H3,(H,25,27). The van der Waals surface area contributed by atoms with Crippen LogP contribution < -0.4 is 5.32 Å². The predicted octanol–water partition coefficient (Wildman–Crippen LogP) is 4.33. The van der Waals surface area contributed by atoms with Crippen LogP contribution >= 0.6 is 0 Å². The van der Waals surface area contributed by atoms with Crippen molar-refractivity contribution < 1.29 is 14.3 Å². The molecule has 0 atom stereocenters. The Labute approximate surface area is 173 Å². The van der Waals surface area contributed by atoms with E-state index in [1.165, 1.54) is 11.1 Å². The maximum atomic E-state index is 12.8. The minimum absolute atomic E-state index is 0.00518. The predicted molar refractivity (Wildman–Crippen MR) is 115 cm³/mol. The first-order valence-corrected chi connectivity index (χ1v) is 10.3. The number of piperidine rings is 1. The molecule has 29 heavy (non-hydrogen) atoms. The molecule has 0 saturated carbocycles. The molecule has 154 valence electrons. The van der Waals surface area contributed by atoms with Crippen LogP contribution in [0.15, 0.2) is 42.5 Å². The number of carbonyl (C=O) groups is 2. The van der Waals surface area contributed by atoms with Gasteiger partial charge in [0.05, 0.1) is 12.2 Å². The van der Waals surface area contributed by atoms with Crippen LogP contribution in [0.4, 0.5) is 5.69 Å². The van der Waals surface area contributed by atoms with Gasteiger partial charge in [-0.25, -0.2) is 4.79 Å². The lowest BCUT2D eigenvalue weighted by Gasteiger charge is -2.31. The van der Waals surface area contributed by atoms with Crippen LogP contribution in [0.25, 0.3) is 0 Å². The maximum absolute atomic E-state index is 12.8. The fourth-order valence-corrected chi connectivity index (χ4v) is 3.75. The molecule has 0 radical (unpaired) electrons. The van der Waals surface area contributed by atoms with Gasteiger partial charge in [0.15, 0.2) is 0 Å². The number of carbonyl (C=O) groups excluding carboxylic acids is 2. The molecule has 1 aliphatic rings. The summed E-state index contributed by atoms with van der Waals surface area (Å²) in [5.74, 6) is -0.342. The number of rotatable bonds is 6. The number of ether oxygens (including phenoxy) is 1. The minimum Gasteiger partial charge on any atom is -0.462 e. The first kappa shape index (κ1) is 21.1. The fraction of sp³-hybridized carbons (Fsp3) is 0.417. The molecule has 2 aromatic rings. The van der Waals surface area contributed by atoms with E-state index in [2.05, 4.69) is 41.4 Å². The van der Waals surface area contributed by atoms with Crippen LogP contribution in [-0.2, 0) is 16.1 Å². The molecule has 3 rings (SSSR count). The number of hydrogen-bond donors (Lipinski definition) is 1. The first-order chi connectivity index (χ1) is 14.0. The Bertz CT molecular complexity index is 870. The Morgan fingerprint density at radius 1 is 1.10 bits per heavy atom. The Kier molecular flexibility index (Phi) is 7.04. The van der Waals surface area contributed by atoms with Gasteiger partial charge in [0.1, 0.15) is 0 Å². The lowest BCUT2D eigenvalue weighted by molar-refractivity contribution is -0.121. The molecule has 1 fully saturated rings. The third-order valence-corrected chi connectivity index (χ3v) is 5.45. The summed E-state index contributed by atoms with van der Waals surface area (Å²) in [6, 6.07) is 13.9. The minimum atomic E-state index is -0.368. The molecule has 0 spiro atoms. The van der Waals surface area contributed by atoms with Gasteiger partial charge in [0.2, 0.25) is 5.91 Å². The molecule has 1 heterocycles. The van der Waals surface area contributed by atoms with Crippen LogP contribution in [0.2, 0.25) is 0 Å². The molecule has 1 saturated heterocycles. The lowest BCUT2D eigenvalue weighted by Crippen LogP contribution is -2.37. The Hall–Kier alpha value is -2.66. The highest BCUT2D eigenvalue weighted by Crippen LogP contribution is 2.23. The van der Waals surface area contributed by atoms with Crippen molar-refractivity contribution in [3.05, 3.63) is 64.7 Å². The topological polar surface area (TPSA) is 58.6 Å². The smallest absolute Gasteiger partial charge is 0.338 e. The highest BCUT2D eigenvalue weighted by molar-refractivity contribution is 5.96. The summed E-state index contributed by atoms with van der Waals surface area (Å²) in [5, 5.41) is 3.02. The summed E-state index contributed by atoms with van der Waals surface area (Å²) in [7, 11) is 0. The molecule has 1 amide bonds. The van der Waals surface area contributed by atoms with Gasteiger partial charge in [0.25, 0.3) is 0 Å². The number of benzene rings is 2. The third kappa shape index (κ3) is 5.67. The van der Waals surface area contributed by atoms with Crippen LogP contribution in [0.3, 0.4) is 0 Å². The maximum Gasteiger partial charge on any atom is 0.338 e. The monoisotopic (exact) mass is 394 g/mol. The summed E-state index contributed by atoms with van der Waals surface area (Å²) in [6.45, 7) is 8.89. The van der Waals surface area contributed by atoms with Gasteiger partial charge in [-0.3, -0.25) is 9.69 Å². The highest BCUT2D eigenvalue weighted by Gasteiger charge is 2.25. The van der Waals surface area contributed by atoms with E-state index in [4.69, 9.17) is 4.74 Å². The summed E-state index contributed by atoms with van der Waals surface area (Å²) in [4.78, 5) is 27.2. The zero-order chi connectivity index (χ0) is 20.8.